The second kappa shape index (κ2) is 28.2. The Balaban J connectivity index is 0. The van der Waals surface area contributed by atoms with Crippen LogP contribution in [0.25, 0.3) is 0 Å². The lowest BCUT2D eigenvalue weighted by atomic mass is 9.91. The number of aliphatic carboxylic acids is 2. The molecule has 0 aromatic heterocycles. The van der Waals surface area contributed by atoms with Gasteiger partial charge in [0.2, 0.25) is 0 Å². The molecular formula is C31H58ClN3O12. The number of carbonyl (C=O) groups excluding carboxylic acids is 3. The van der Waals surface area contributed by atoms with Gasteiger partial charge in [-0.25, -0.2) is 24.0 Å². The lowest BCUT2D eigenvalue weighted by molar-refractivity contribution is -0.140. The molecule has 0 spiro atoms. The molecule has 2 rings (SSSR count). The second-order valence-corrected chi connectivity index (χ2v) is 12.2. The number of ether oxygens (including phenoxy) is 5. The maximum absolute atomic E-state index is 11.3. The molecule has 0 aromatic rings. The first kappa shape index (κ1) is 46.2. The summed E-state index contributed by atoms with van der Waals surface area (Å²) in [6.45, 7) is 5.64. The first-order valence-corrected chi connectivity index (χ1v) is 16.2. The Morgan fingerprint density at radius 2 is 1.04 bits per heavy atom. The summed E-state index contributed by atoms with van der Waals surface area (Å²) >= 11 is 4.60. The number of rotatable bonds is 12. The topological polar surface area (TPSA) is 208 Å². The van der Waals surface area contributed by atoms with Crippen LogP contribution in [0.3, 0.4) is 0 Å². The van der Waals surface area contributed by atoms with Gasteiger partial charge in [-0.05, 0) is 46.5 Å². The third kappa shape index (κ3) is 29.0. The predicted molar refractivity (Wildman–Crippen MR) is 176 cm³/mol. The van der Waals surface area contributed by atoms with E-state index in [2.05, 4.69) is 41.8 Å². The SMILES string of the molecule is C1CCC(NC2CCCCC2)CC1.COC(=O)Cl.COCC[C@H](NC(=O)OC(C)(C)C)C(=O)O.COCC[C@H](NC(=O)OC)C(=O)O. The van der Waals surface area contributed by atoms with Gasteiger partial charge in [-0.15, -0.1) is 0 Å². The third-order valence-corrected chi connectivity index (χ3v) is 6.98. The molecule has 276 valence electrons. The Morgan fingerprint density at radius 3 is 1.32 bits per heavy atom. The number of amides is 2. The van der Waals surface area contributed by atoms with Crippen molar-refractivity contribution < 1.29 is 57.9 Å². The van der Waals surface area contributed by atoms with Crippen molar-refractivity contribution in [3.8, 4) is 0 Å². The number of carboxylic acid groups (broad SMARTS) is 2. The van der Waals surface area contributed by atoms with Crippen molar-refractivity contribution in [2.24, 2.45) is 0 Å². The number of nitrogens with one attached hydrogen (secondary N) is 3. The number of carbonyl (C=O) groups is 5. The number of hydrogen-bond donors (Lipinski definition) is 5. The molecule has 0 unspecified atom stereocenters. The van der Waals surface area contributed by atoms with E-state index in [1.807, 2.05) is 0 Å². The van der Waals surface area contributed by atoms with Crippen molar-refractivity contribution in [1.29, 1.82) is 0 Å². The van der Waals surface area contributed by atoms with E-state index in [0.29, 0.717) is 0 Å². The third-order valence-electron chi connectivity index (χ3n) is 6.83. The van der Waals surface area contributed by atoms with E-state index >= 15 is 0 Å². The zero-order chi connectivity index (χ0) is 36.3. The molecule has 2 atom stereocenters. The van der Waals surface area contributed by atoms with Gasteiger partial charge in [-0.1, -0.05) is 38.5 Å². The van der Waals surface area contributed by atoms with Gasteiger partial charge in [0.1, 0.15) is 17.7 Å². The lowest BCUT2D eigenvalue weighted by Crippen LogP contribution is -2.44. The highest BCUT2D eigenvalue weighted by Gasteiger charge is 2.24. The van der Waals surface area contributed by atoms with Gasteiger partial charge in [0.15, 0.2) is 0 Å². The summed E-state index contributed by atoms with van der Waals surface area (Å²) < 4.78 is 22.5. The first-order chi connectivity index (χ1) is 22.1. The van der Waals surface area contributed by atoms with Crippen LogP contribution in [0.2, 0.25) is 0 Å². The maximum atomic E-state index is 11.3. The molecule has 0 aromatic carbocycles. The van der Waals surface area contributed by atoms with E-state index in [1.165, 1.54) is 92.6 Å². The maximum Gasteiger partial charge on any atom is 0.408 e. The Morgan fingerprint density at radius 1 is 0.681 bits per heavy atom. The average Bonchev–Trinajstić information content (AvgIpc) is 3.02. The number of carboxylic acids is 2. The van der Waals surface area contributed by atoms with Crippen molar-refractivity contribution in [2.75, 3.05) is 41.7 Å². The number of hydrogen-bond acceptors (Lipinski definition) is 11. The highest BCUT2D eigenvalue weighted by molar-refractivity contribution is 6.61. The van der Waals surface area contributed by atoms with Gasteiger partial charge in [0.25, 0.3) is 0 Å². The van der Waals surface area contributed by atoms with Crippen molar-refractivity contribution >= 4 is 41.2 Å². The van der Waals surface area contributed by atoms with E-state index in [0.717, 1.165) is 12.1 Å². The number of halogens is 1. The number of alkyl carbamates (subject to hydrolysis) is 2. The molecule has 0 bridgehead atoms. The fraction of sp³-hybridized carbons (Fsp3) is 0.839. The van der Waals surface area contributed by atoms with E-state index in [9.17, 15) is 24.0 Å². The quantitative estimate of drug-likeness (QED) is 0.133. The minimum absolute atomic E-state index is 0.199. The zero-order valence-electron chi connectivity index (χ0n) is 29.1. The summed E-state index contributed by atoms with van der Waals surface area (Å²) in [5.41, 5.74) is -1.42. The molecule has 2 saturated carbocycles. The van der Waals surface area contributed by atoms with E-state index in [1.54, 1.807) is 20.8 Å². The Kier molecular flexibility index (Phi) is 27.7. The summed E-state index contributed by atoms with van der Waals surface area (Å²) in [5.74, 6) is -2.22. The molecule has 47 heavy (non-hydrogen) atoms. The molecule has 0 saturated heterocycles. The minimum Gasteiger partial charge on any atom is -0.480 e. The van der Waals surface area contributed by atoms with E-state index in [4.69, 9.17) is 19.7 Å². The van der Waals surface area contributed by atoms with Gasteiger partial charge in [-0.3, -0.25) is 0 Å². The fourth-order valence-electron chi connectivity index (χ4n) is 4.51. The van der Waals surface area contributed by atoms with Crippen LogP contribution in [0.15, 0.2) is 0 Å². The van der Waals surface area contributed by atoms with Gasteiger partial charge >= 0.3 is 29.6 Å². The van der Waals surface area contributed by atoms with Gasteiger partial charge < -0.3 is 49.8 Å². The summed E-state index contributed by atoms with van der Waals surface area (Å²) in [7, 11) is 5.31. The Bertz CT molecular complexity index is 860. The standard InChI is InChI=1S/C12H23N.C10H19NO5.C7H13NO5.C2H3ClO2/c1-3-7-11(8-4-1)13-12-9-5-2-6-10-12;1-10(2,3)16-9(14)11-7(8(12)13)5-6-15-4;1-12-4-3-5(6(9)10)8-7(11)13-2;1-5-2(3)4/h11-13H,1-10H2;7H,5-6H2,1-4H3,(H,11,14)(H,12,13);5H,3-4H2,1-2H3,(H,8,11)(H,9,10);1H3/t;7-;5-;/m.00./s1. The molecule has 0 heterocycles. The Hall–Kier alpha value is -2.88. The van der Waals surface area contributed by atoms with Crippen LogP contribution in [0.4, 0.5) is 14.4 Å². The summed E-state index contributed by atoms with van der Waals surface area (Å²) in [4.78, 5) is 52.6. The lowest BCUT2D eigenvalue weighted by Gasteiger charge is -2.30. The molecule has 5 N–H and O–H groups in total. The molecule has 16 heteroatoms. The molecule has 2 aliphatic carbocycles. The molecule has 2 fully saturated rings. The van der Waals surface area contributed by atoms with Crippen LogP contribution in [0.1, 0.15) is 97.8 Å². The summed E-state index contributed by atoms with van der Waals surface area (Å²) in [5, 5.41) is 25.7. The molecule has 2 aliphatic rings. The smallest absolute Gasteiger partial charge is 0.408 e. The zero-order valence-corrected chi connectivity index (χ0v) is 29.8. The minimum atomic E-state index is -1.11. The monoisotopic (exact) mass is 699 g/mol. The van der Waals surface area contributed by atoms with Crippen LogP contribution < -0.4 is 16.0 Å². The molecule has 0 aliphatic heterocycles. The highest BCUT2D eigenvalue weighted by atomic mass is 35.5. The van der Waals surface area contributed by atoms with Crippen LogP contribution in [-0.4, -0.2) is 111 Å². The second-order valence-electron chi connectivity index (χ2n) is 11.9. The van der Waals surface area contributed by atoms with Crippen LogP contribution in [-0.2, 0) is 33.3 Å². The van der Waals surface area contributed by atoms with Crippen molar-refractivity contribution in [1.82, 2.24) is 16.0 Å². The first-order valence-electron chi connectivity index (χ1n) is 15.9. The molecular weight excluding hydrogens is 642 g/mol. The summed E-state index contributed by atoms with van der Waals surface area (Å²) in [6.07, 6.45) is 13.5. The van der Waals surface area contributed by atoms with Crippen LogP contribution in [0.5, 0.6) is 0 Å². The van der Waals surface area contributed by atoms with Crippen molar-refractivity contribution in [3.05, 3.63) is 0 Å². The molecule has 2 amide bonds. The Labute approximate surface area is 284 Å². The van der Waals surface area contributed by atoms with Crippen LogP contribution in [0, 0.1) is 0 Å². The van der Waals surface area contributed by atoms with Gasteiger partial charge in [0, 0.05) is 64.0 Å². The van der Waals surface area contributed by atoms with E-state index < -0.39 is 47.2 Å². The summed E-state index contributed by atoms with van der Waals surface area (Å²) in [6, 6.07) is -0.212. The molecule has 0 radical (unpaired) electrons. The largest absolute Gasteiger partial charge is 0.480 e. The predicted octanol–water partition coefficient (Wildman–Crippen LogP) is 5.07. The fourth-order valence-corrected chi connectivity index (χ4v) is 4.51. The van der Waals surface area contributed by atoms with Crippen molar-refractivity contribution in [3.63, 3.8) is 0 Å². The van der Waals surface area contributed by atoms with Crippen molar-refractivity contribution in [2.45, 2.75) is 128 Å². The average molecular weight is 700 g/mol. The normalized spacial score (nSPS) is 16.1. The van der Waals surface area contributed by atoms with E-state index in [-0.39, 0.29) is 26.1 Å². The highest BCUT2D eigenvalue weighted by Crippen LogP contribution is 2.22. The van der Waals surface area contributed by atoms with Gasteiger partial charge in [-0.2, -0.15) is 0 Å². The van der Waals surface area contributed by atoms with Gasteiger partial charge in [0.05, 0.1) is 14.2 Å². The number of methoxy groups -OCH3 is 4. The molecule has 15 nitrogen and oxygen atoms in total. The van der Waals surface area contributed by atoms with Crippen LogP contribution >= 0.6 is 11.6 Å².